The highest BCUT2D eigenvalue weighted by Crippen LogP contribution is 2.65. The van der Waals surface area contributed by atoms with Crippen LogP contribution in [0.4, 0.5) is 0 Å². The van der Waals surface area contributed by atoms with Crippen molar-refractivity contribution in [3.63, 3.8) is 0 Å². The van der Waals surface area contributed by atoms with E-state index in [0.717, 1.165) is 23.7 Å². The summed E-state index contributed by atoms with van der Waals surface area (Å²) in [4.78, 5) is 7.34. The van der Waals surface area contributed by atoms with Gasteiger partial charge in [0.05, 0.1) is 21.3 Å². The fraction of sp³-hybridized carbons (Fsp3) is 0.562. The molecule has 0 aliphatic heterocycles. The maximum Gasteiger partial charge on any atom is 0.0891 e. The van der Waals surface area contributed by atoms with Crippen LogP contribution in [0, 0.1) is 23.7 Å². The van der Waals surface area contributed by atoms with Gasteiger partial charge in [0.15, 0.2) is 0 Å². The van der Waals surface area contributed by atoms with E-state index in [4.69, 9.17) is 0 Å². The van der Waals surface area contributed by atoms with Crippen LogP contribution in [0.3, 0.4) is 0 Å². The van der Waals surface area contributed by atoms with Gasteiger partial charge >= 0.3 is 0 Å². The summed E-state index contributed by atoms with van der Waals surface area (Å²) in [5.74, 6) is 3.49. The third kappa shape index (κ3) is 4.15. The molecule has 5 atom stereocenters. The van der Waals surface area contributed by atoms with Crippen molar-refractivity contribution in [3.8, 4) is 0 Å². The summed E-state index contributed by atoms with van der Waals surface area (Å²) in [6, 6.07) is 14.5. The van der Waals surface area contributed by atoms with Gasteiger partial charge in [-0.25, -0.2) is 0 Å². The monoisotopic (exact) mass is 578 g/mol. The minimum atomic E-state index is -1.60. The lowest BCUT2D eigenvalue weighted by molar-refractivity contribution is -0.0521. The number of rotatable bonds is 7. The van der Waals surface area contributed by atoms with Gasteiger partial charge in [-0.3, -0.25) is 0 Å². The molecule has 4 aliphatic rings. The Labute approximate surface area is 237 Å². The van der Waals surface area contributed by atoms with Crippen LogP contribution in [0.1, 0.15) is 54.6 Å². The van der Waals surface area contributed by atoms with Gasteiger partial charge in [0.1, 0.15) is 0 Å². The topological polar surface area (TPSA) is 31.6 Å². The van der Waals surface area contributed by atoms with Crippen molar-refractivity contribution >= 4 is 45.0 Å². The number of aromatic nitrogens is 2. The van der Waals surface area contributed by atoms with Crippen molar-refractivity contribution in [2.45, 2.75) is 82.0 Å². The molecule has 2 heterocycles. The molecule has 3 aromatic rings. The van der Waals surface area contributed by atoms with Crippen LogP contribution in [-0.4, -0.2) is 32.3 Å². The maximum absolute atomic E-state index is 3.67. The third-order valence-electron chi connectivity index (χ3n) is 10.6. The summed E-state index contributed by atoms with van der Waals surface area (Å²) in [6.45, 7) is 15.4. The van der Waals surface area contributed by atoms with Gasteiger partial charge in [0, 0.05) is 23.8 Å². The molecule has 2 N–H and O–H groups in total. The Hall–Kier alpha value is -0.926. The van der Waals surface area contributed by atoms with Gasteiger partial charge in [-0.1, -0.05) is 61.8 Å². The summed E-state index contributed by atoms with van der Waals surface area (Å²) in [7, 11) is 3.40. The predicted molar refractivity (Wildman–Crippen MR) is 177 cm³/mol. The molecule has 0 saturated heterocycles. The summed E-state index contributed by atoms with van der Waals surface area (Å²) in [5.41, 5.74) is 6.06. The first-order valence-electron chi connectivity index (χ1n) is 14.8. The van der Waals surface area contributed by atoms with Crippen LogP contribution < -0.4 is 10.4 Å². The highest BCUT2D eigenvalue weighted by atomic mass is 31.0. The molecule has 204 valence electrons. The second kappa shape index (κ2) is 9.30. The maximum atomic E-state index is 3.67. The third-order valence-corrected chi connectivity index (χ3v) is 16.3. The first-order chi connectivity index (χ1) is 17.9. The van der Waals surface area contributed by atoms with Crippen molar-refractivity contribution in [2.75, 3.05) is 6.16 Å². The van der Waals surface area contributed by atoms with Crippen LogP contribution >= 0.6 is 18.5 Å². The minimum Gasteiger partial charge on any atom is -0.364 e. The molecule has 5 unspecified atom stereocenters. The number of hydrogen-bond donors (Lipinski definition) is 2. The molecule has 1 aromatic carbocycles. The largest absolute Gasteiger partial charge is 0.364 e. The Morgan fingerprint density at radius 1 is 0.842 bits per heavy atom. The van der Waals surface area contributed by atoms with E-state index in [-0.39, 0.29) is 5.16 Å². The molecule has 6 heteroatoms. The Morgan fingerprint density at radius 3 is 1.82 bits per heavy atom. The first-order valence-corrected chi connectivity index (χ1v) is 23.2. The quantitative estimate of drug-likeness (QED) is 0.220. The summed E-state index contributed by atoms with van der Waals surface area (Å²) in [6.07, 6.45) is 12.6. The highest BCUT2D eigenvalue weighted by Gasteiger charge is 2.58. The number of hydrogen-bond acceptors (Lipinski definition) is 0. The molecular weight excluding hydrogens is 530 g/mol. The van der Waals surface area contributed by atoms with Crippen LogP contribution in [0.5, 0.6) is 0 Å². The smallest absolute Gasteiger partial charge is 0.0891 e. The zero-order valence-electron chi connectivity index (χ0n) is 24.3. The second-order valence-corrected chi connectivity index (χ2v) is 26.4. The molecule has 0 spiro atoms. The first kappa shape index (κ1) is 27.3. The van der Waals surface area contributed by atoms with Crippen molar-refractivity contribution in [3.05, 3.63) is 71.3 Å². The van der Waals surface area contributed by atoms with Crippen LogP contribution in [0.25, 0.3) is 0 Å². The average molecular weight is 579 g/mol. The normalized spacial score (nSPS) is 29.3. The average Bonchev–Trinajstić information content (AvgIpc) is 3.56. The molecule has 38 heavy (non-hydrogen) atoms. The van der Waals surface area contributed by atoms with E-state index in [2.05, 4.69) is 117 Å². The molecule has 4 aliphatic carbocycles. The lowest BCUT2D eigenvalue weighted by atomic mass is 9.43. The molecule has 0 radical (unpaired) electrons. The zero-order chi connectivity index (χ0) is 27.1. The standard InChI is InChI=1S/C32H48N2P2Si2/c1-37(2,3)27-16-24(31-18-21-13-22(19-31)15-23(14-21)26(31)20-35)25(17-28(27)38(4,5)6)32(36,29-9-7-11-33-29)30-10-8-12-34-30/h7-12,16-17,21-23,26,33-34H,13-15,18-20,35-36H2,1-6H3. The van der Waals surface area contributed by atoms with Gasteiger partial charge in [-0.15, -0.1) is 18.5 Å². The number of H-pyrrole nitrogens is 2. The predicted octanol–water partition coefficient (Wildman–Crippen LogP) is 7.17. The lowest BCUT2D eigenvalue weighted by Crippen LogP contribution is -2.60. The molecule has 4 saturated carbocycles. The highest BCUT2D eigenvalue weighted by molar-refractivity contribution is 7.19. The summed E-state index contributed by atoms with van der Waals surface area (Å²) < 4.78 is 0. The molecule has 0 amide bonds. The molecule has 7 rings (SSSR count). The number of aromatic amines is 2. The van der Waals surface area contributed by atoms with E-state index >= 15 is 0 Å². The van der Waals surface area contributed by atoms with Gasteiger partial charge in [-0.2, -0.15) is 0 Å². The summed E-state index contributed by atoms with van der Waals surface area (Å²) in [5, 5.41) is 3.09. The molecule has 4 fully saturated rings. The van der Waals surface area contributed by atoms with Crippen molar-refractivity contribution < 1.29 is 0 Å². The fourth-order valence-corrected chi connectivity index (χ4v) is 15.7. The molecule has 2 nitrogen and oxygen atoms in total. The second-order valence-electron chi connectivity index (χ2n) is 15.0. The lowest BCUT2D eigenvalue weighted by Gasteiger charge is -2.62. The minimum absolute atomic E-state index is 0.291. The Morgan fingerprint density at radius 2 is 1.37 bits per heavy atom. The van der Waals surface area contributed by atoms with Crippen molar-refractivity contribution in [2.24, 2.45) is 23.7 Å². The van der Waals surface area contributed by atoms with E-state index < -0.39 is 16.1 Å². The SMILES string of the molecule is C[Si](C)(C)c1cc(C(P)(c2ccc[nH]2)c2ccc[nH]2)c(C23CC4CC(CC(C4)C2CP)C3)cc1[Si](C)(C)C. The van der Waals surface area contributed by atoms with E-state index in [9.17, 15) is 0 Å². The van der Waals surface area contributed by atoms with Crippen molar-refractivity contribution in [1.29, 1.82) is 0 Å². The Bertz CT molecular complexity index is 1250. The van der Waals surface area contributed by atoms with Gasteiger partial charge in [-0.05, 0) is 103 Å². The van der Waals surface area contributed by atoms with Crippen LogP contribution in [0.15, 0.2) is 48.8 Å². The summed E-state index contributed by atoms with van der Waals surface area (Å²) >= 11 is 0. The van der Waals surface area contributed by atoms with Crippen LogP contribution in [0.2, 0.25) is 39.3 Å². The molecule has 2 aromatic heterocycles. The Kier molecular flexibility index (Phi) is 6.67. The zero-order valence-corrected chi connectivity index (χ0v) is 28.6. The Balaban J connectivity index is 1.72. The van der Waals surface area contributed by atoms with Crippen LogP contribution in [-0.2, 0) is 10.6 Å². The molecule has 4 bridgehead atoms. The van der Waals surface area contributed by atoms with E-state index in [0.29, 0.717) is 5.41 Å². The van der Waals surface area contributed by atoms with E-state index in [1.165, 1.54) is 55.2 Å². The number of nitrogens with one attached hydrogen (secondary N) is 2. The van der Waals surface area contributed by atoms with Gasteiger partial charge in [0.25, 0.3) is 0 Å². The number of benzene rings is 1. The molecular formula is C32H48N2P2Si2. The van der Waals surface area contributed by atoms with Gasteiger partial charge in [0.2, 0.25) is 0 Å². The van der Waals surface area contributed by atoms with Gasteiger partial charge < -0.3 is 9.97 Å². The van der Waals surface area contributed by atoms with Crippen molar-refractivity contribution in [1.82, 2.24) is 9.97 Å². The van der Waals surface area contributed by atoms with E-state index in [1.54, 1.807) is 15.9 Å². The fourth-order valence-electron chi connectivity index (χ4n) is 9.15. The van der Waals surface area contributed by atoms with E-state index in [1.807, 2.05) is 0 Å².